The molecule has 1 saturated carbocycles. The zero-order valence-electron chi connectivity index (χ0n) is 20.9. The van der Waals surface area contributed by atoms with Crippen LogP contribution in [0, 0.1) is 13.8 Å². The lowest BCUT2D eigenvalue weighted by molar-refractivity contribution is -0.141. The third-order valence-corrected chi connectivity index (χ3v) is 6.85. The fourth-order valence-electron chi connectivity index (χ4n) is 5.03. The van der Waals surface area contributed by atoms with Gasteiger partial charge in [0.2, 0.25) is 11.8 Å². The molecule has 1 aliphatic rings. The van der Waals surface area contributed by atoms with Gasteiger partial charge in [-0.05, 0) is 43.4 Å². The Morgan fingerprint density at radius 1 is 0.829 bits per heavy atom. The lowest BCUT2D eigenvalue weighted by Crippen LogP contribution is -2.52. The second-order valence-corrected chi connectivity index (χ2v) is 9.87. The van der Waals surface area contributed by atoms with Crippen LogP contribution in [0.5, 0.6) is 0 Å². The van der Waals surface area contributed by atoms with Crippen molar-refractivity contribution in [2.24, 2.45) is 0 Å². The highest BCUT2D eigenvalue weighted by atomic mass is 16.2. The molecular weight excluding hydrogens is 432 g/mol. The summed E-state index contributed by atoms with van der Waals surface area (Å²) in [7, 11) is 0. The zero-order chi connectivity index (χ0) is 24.6. The summed E-state index contributed by atoms with van der Waals surface area (Å²) < 4.78 is 0. The number of nitrogens with zero attached hydrogens (tertiary/aromatic N) is 1. The summed E-state index contributed by atoms with van der Waals surface area (Å²) >= 11 is 0. The Bertz CT molecular complexity index is 1140. The molecule has 182 valence electrons. The quantitative estimate of drug-likeness (QED) is 0.448. The first-order valence-electron chi connectivity index (χ1n) is 12.7. The van der Waals surface area contributed by atoms with Crippen LogP contribution < -0.4 is 5.32 Å². The Hall–Kier alpha value is -3.40. The summed E-state index contributed by atoms with van der Waals surface area (Å²) in [6, 6.07) is 25.9. The maximum Gasteiger partial charge on any atom is 0.243 e. The first-order valence-corrected chi connectivity index (χ1v) is 12.7. The van der Waals surface area contributed by atoms with Gasteiger partial charge in [-0.2, -0.15) is 0 Å². The number of amides is 2. The van der Waals surface area contributed by atoms with E-state index in [1.54, 1.807) is 4.90 Å². The van der Waals surface area contributed by atoms with Crippen LogP contribution in [-0.2, 0) is 29.0 Å². The van der Waals surface area contributed by atoms with Crippen molar-refractivity contribution in [1.82, 2.24) is 10.2 Å². The predicted octanol–water partition coefficient (Wildman–Crippen LogP) is 5.54. The molecule has 0 aliphatic heterocycles. The normalized spacial score (nSPS) is 14.5. The third kappa shape index (κ3) is 7.05. The van der Waals surface area contributed by atoms with E-state index in [-0.39, 0.29) is 24.3 Å². The molecule has 1 fully saturated rings. The number of carbonyl (C=O) groups excluding carboxylic acids is 2. The van der Waals surface area contributed by atoms with Gasteiger partial charge in [-0.25, -0.2) is 0 Å². The lowest BCUT2D eigenvalue weighted by Gasteiger charge is -2.32. The van der Waals surface area contributed by atoms with Gasteiger partial charge in [-0.15, -0.1) is 0 Å². The molecule has 2 amide bonds. The molecule has 0 radical (unpaired) electrons. The molecule has 0 aromatic heterocycles. The van der Waals surface area contributed by atoms with Crippen LogP contribution in [0.25, 0.3) is 0 Å². The molecule has 1 N–H and O–H groups in total. The van der Waals surface area contributed by atoms with E-state index in [2.05, 4.69) is 24.4 Å². The Balaban J connectivity index is 1.66. The van der Waals surface area contributed by atoms with Crippen molar-refractivity contribution in [3.8, 4) is 0 Å². The first-order chi connectivity index (χ1) is 17.0. The maximum absolute atomic E-state index is 13.8. The zero-order valence-corrected chi connectivity index (χ0v) is 20.9. The summed E-state index contributed by atoms with van der Waals surface area (Å²) in [6.07, 6.45) is 5.08. The molecule has 0 bridgehead atoms. The first kappa shape index (κ1) is 24.7. The van der Waals surface area contributed by atoms with E-state index in [0.29, 0.717) is 13.0 Å². The topological polar surface area (TPSA) is 49.4 Å². The molecule has 0 heterocycles. The van der Waals surface area contributed by atoms with E-state index in [4.69, 9.17) is 0 Å². The number of hydrogen-bond donors (Lipinski definition) is 1. The maximum atomic E-state index is 13.8. The summed E-state index contributed by atoms with van der Waals surface area (Å²) in [5, 5.41) is 3.27. The highest BCUT2D eigenvalue weighted by Gasteiger charge is 2.32. The Morgan fingerprint density at radius 2 is 1.43 bits per heavy atom. The molecule has 4 rings (SSSR count). The van der Waals surface area contributed by atoms with Gasteiger partial charge in [0.1, 0.15) is 6.04 Å². The number of nitrogens with one attached hydrogen (secondary N) is 1. The fraction of sp³-hybridized carbons (Fsp3) is 0.355. The van der Waals surface area contributed by atoms with Crippen LogP contribution in [0.15, 0.2) is 78.9 Å². The van der Waals surface area contributed by atoms with Gasteiger partial charge in [0.25, 0.3) is 0 Å². The van der Waals surface area contributed by atoms with Crippen LogP contribution in [0.1, 0.15) is 53.5 Å². The van der Waals surface area contributed by atoms with Crippen LogP contribution in [0.2, 0.25) is 0 Å². The van der Waals surface area contributed by atoms with Crippen LogP contribution in [-0.4, -0.2) is 28.8 Å². The number of aryl methyl sites for hydroxylation is 2. The molecule has 4 heteroatoms. The molecule has 35 heavy (non-hydrogen) atoms. The highest BCUT2D eigenvalue weighted by Crippen LogP contribution is 2.21. The van der Waals surface area contributed by atoms with Crippen molar-refractivity contribution in [3.63, 3.8) is 0 Å². The van der Waals surface area contributed by atoms with Crippen molar-refractivity contribution in [2.45, 2.75) is 71.0 Å². The molecule has 0 unspecified atom stereocenters. The number of benzene rings is 3. The van der Waals surface area contributed by atoms with Crippen molar-refractivity contribution < 1.29 is 9.59 Å². The van der Waals surface area contributed by atoms with E-state index < -0.39 is 6.04 Å². The van der Waals surface area contributed by atoms with Gasteiger partial charge in [-0.3, -0.25) is 9.59 Å². The second kappa shape index (κ2) is 11.8. The number of carbonyl (C=O) groups is 2. The van der Waals surface area contributed by atoms with Crippen LogP contribution >= 0.6 is 0 Å². The molecule has 4 nitrogen and oxygen atoms in total. The van der Waals surface area contributed by atoms with Crippen molar-refractivity contribution in [2.75, 3.05) is 0 Å². The molecular formula is C31H36N2O2. The van der Waals surface area contributed by atoms with Gasteiger partial charge < -0.3 is 10.2 Å². The molecule has 0 saturated heterocycles. The minimum atomic E-state index is -0.573. The third-order valence-electron chi connectivity index (χ3n) is 6.85. The minimum Gasteiger partial charge on any atom is -0.352 e. The molecule has 1 atom stereocenters. The lowest BCUT2D eigenvalue weighted by atomic mass is 10.0. The van der Waals surface area contributed by atoms with Gasteiger partial charge in [0, 0.05) is 19.0 Å². The standard InChI is InChI=1S/C31H36N2O2/c1-23-10-8-14-26(18-23)21-30(34)33(22-27-15-9-11-24(2)19-27)29(20-25-12-4-3-5-13-25)31(35)32-28-16-6-7-17-28/h3-5,8-15,18-19,28-29H,6-7,16-17,20-22H2,1-2H3,(H,32,35)/t29-/m0/s1. The van der Waals surface area contributed by atoms with Gasteiger partial charge >= 0.3 is 0 Å². The van der Waals surface area contributed by atoms with Crippen molar-refractivity contribution in [3.05, 3.63) is 107 Å². The van der Waals surface area contributed by atoms with Gasteiger partial charge in [-0.1, -0.05) is 103 Å². The largest absolute Gasteiger partial charge is 0.352 e. The molecule has 3 aromatic carbocycles. The number of rotatable bonds is 9. The van der Waals surface area contributed by atoms with Crippen LogP contribution in [0.4, 0.5) is 0 Å². The smallest absolute Gasteiger partial charge is 0.243 e. The molecule has 0 spiro atoms. The summed E-state index contributed by atoms with van der Waals surface area (Å²) in [5.74, 6) is -0.0781. The predicted molar refractivity (Wildman–Crippen MR) is 141 cm³/mol. The average molecular weight is 469 g/mol. The van der Waals surface area contributed by atoms with Gasteiger partial charge in [0.15, 0.2) is 0 Å². The Morgan fingerprint density at radius 3 is 2.09 bits per heavy atom. The van der Waals surface area contributed by atoms with Crippen molar-refractivity contribution in [1.29, 1.82) is 0 Å². The summed E-state index contributed by atoms with van der Waals surface area (Å²) in [5.41, 5.74) is 5.33. The fourth-order valence-corrected chi connectivity index (χ4v) is 5.03. The van der Waals surface area contributed by atoms with Gasteiger partial charge in [0.05, 0.1) is 6.42 Å². The molecule has 3 aromatic rings. The van der Waals surface area contributed by atoms with Crippen LogP contribution in [0.3, 0.4) is 0 Å². The SMILES string of the molecule is Cc1cccc(CC(=O)N(Cc2cccc(C)c2)[C@@H](Cc2ccccc2)C(=O)NC2CCCC2)c1. The second-order valence-electron chi connectivity index (χ2n) is 9.87. The van der Waals surface area contributed by atoms with E-state index in [0.717, 1.165) is 53.5 Å². The highest BCUT2D eigenvalue weighted by molar-refractivity contribution is 5.89. The van der Waals surface area contributed by atoms with E-state index >= 15 is 0 Å². The minimum absolute atomic E-state index is 0.0281. The van der Waals surface area contributed by atoms with E-state index in [1.807, 2.05) is 73.7 Å². The summed E-state index contributed by atoms with van der Waals surface area (Å²) in [4.78, 5) is 29.3. The van der Waals surface area contributed by atoms with Crippen molar-refractivity contribution >= 4 is 11.8 Å². The molecule has 1 aliphatic carbocycles. The van der Waals surface area contributed by atoms with E-state index in [1.165, 1.54) is 0 Å². The monoisotopic (exact) mass is 468 g/mol. The van der Waals surface area contributed by atoms with E-state index in [9.17, 15) is 9.59 Å². The summed E-state index contributed by atoms with van der Waals surface area (Å²) in [6.45, 7) is 4.49. The Kier molecular flexibility index (Phi) is 8.36. The number of hydrogen-bond acceptors (Lipinski definition) is 2. The Labute approximate surface area is 209 Å². The average Bonchev–Trinajstić information content (AvgIpc) is 3.35.